The first-order valence-electron chi connectivity index (χ1n) is 7.46. The number of nitro benzene ring substituents is 1. The van der Waals surface area contributed by atoms with Crippen LogP contribution < -0.4 is 4.74 Å². The number of carbonyl (C=O) groups is 1. The zero-order valence-electron chi connectivity index (χ0n) is 12.5. The van der Waals surface area contributed by atoms with Gasteiger partial charge in [-0.1, -0.05) is 0 Å². The Bertz CT molecular complexity index is 604. The van der Waals surface area contributed by atoms with Crippen LogP contribution in [0.2, 0.25) is 0 Å². The third kappa shape index (κ3) is 2.64. The number of nitro groups is 1. The van der Waals surface area contributed by atoms with Crippen molar-refractivity contribution in [3.8, 4) is 5.75 Å². The molecular formula is C15H19N3O4. The smallest absolute Gasteiger partial charge is 0.310 e. The normalized spacial score (nSPS) is 21.5. The molecule has 1 amide bonds. The average molecular weight is 305 g/mol. The highest BCUT2D eigenvalue weighted by molar-refractivity contribution is 5.95. The number of amides is 1. The van der Waals surface area contributed by atoms with E-state index in [4.69, 9.17) is 4.74 Å². The lowest BCUT2D eigenvalue weighted by Crippen LogP contribution is -2.52. The van der Waals surface area contributed by atoms with E-state index in [-0.39, 0.29) is 17.3 Å². The van der Waals surface area contributed by atoms with Crippen molar-refractivity contribution < 1.29 is 14.5 Å². The van der Waals surface area contributed by atoms with E-state index in [0.29, 0.717) is 18.2 Å². The van der Waals surface area contributed by atoms with E-state index >= 15 is 0 Å². The molecule has 1 atom stereocenters. The van der Waals surface area contributed by atoms with E-state index in [0.717, 1.165) is 26.1 Å². The van der Waals surface area contributed by atoms with Gasteiger partial charge in [-0.25, -0.2) is 0 Å². The van der Waals surface area contributed by atoms with Crippen LogP contribution in [0.3, 0.4) is 0 Å². The van der Waals surface area contributed by atoms with Gasteiger partial charge in [0.25, 0.3) is 5.91 Å². The number of piperazine rings is 1. The van der Waals surface area contributed by atoms with Gasteiger partial charge in [0.05, 0.1) is 12.0 Å². The molecular weight excluding hydrogens is 286 g/mol. The molecule has 2 aliphatic heterocycles. The van der Waals surface area contributed by atoms with Gasteiger partial charge in [0, 0.05) is 43.4 Å². The van der Waals surface area contributed by atoms with Crippen LogP contribution in [-0.4, -0.2) is 60.0 Å². The molecule has 118 valence electrons. The molecule has 0 radical (unpaired) electrons. The first-order valence-corrected chi connectivity index (χ1v) is 7.46. The summed E-state index contributed by atoms with van der Waals surface area (Å²) in [7, 11) is 1.37. The zero-order valence-corrected chi connectivity index (χ0v) is 12.5. The molecule has 3 rings (SSSR count). The minimum atomic E-state index is -0.510. The van der Waals surface area contributed by atoms with Crippen LogP contribution >= 0.6 is 0 Å². The molecule has 0 N–H and O–H groups in total. The summed E-state index contributed by atoms with van der Waals surface area (Å²) in [5, 5.41) is 10.9. The maximum atomic E-state index is 12.6. The molecule has 0 aromatic heterocycles. The Morgan fingerprint density at radius 1 is 1.36 bits per heavy atom. The summed E-state index contributed by atoms with van der Waals surface area (Å²) in [6.07, 6.45) is 2.32. The molecule has 2 saturated heterocycles. The Morgan fingerprint density at radius 2 is 2.18 bits per heavy atom. The molecule has 7 heteroatoms. The molecule has 2 fully saturated rings. The Kier molecular flexibility index (Phi) is 3.98. The molecule has 7 nitrogen and oxygen atoms in total. The zero-order chi connectivity index (χ0) is 15.7. The van der Waals surface area contributed by atoms with Crippen molar-refractivity contribution in [3.05, 3.63) is 33.9 Å². The first kappa shape index (κ1) is 14.8. The van der Waals surface area contributed by atoms with Crippen LogP contribution in [0.1, 0.15) is 23.2 Å². The van der Waals surface area contributed by atoms with Crippen molar-refractivity contribution in [2.75, 3.05) is 33.3 Å². The Morgan fingerprint density at radius 3 is 2.91 bits per heavy atom. The molecule has 22 heavy (non-hydrogen) atoms. The van der Waals surface area contributed by atoms with Crippen molar-refractivity contribution >= 4 is 11.6 Å². The van der Waals surface area contributed by atoms with Crippen LogP contribution in [0.4, 0.5) is 5.69 Å². The van der Waals surface area contributed by atoms with Gasteiger partial charge in [-0.3, -0.25) is 19.8 Å². The molecule has 0 spiro atoms. The van der Waals surface area contributed by atoms with Crippen molar-refractivity contribution in [1.82, 2.24) is 9.80 Å². The highest BCUT2D eigenvalue weighted by atomic mass is 16.6. The van der Waals surface area contributed by atoms with E-state index in [1.54, 1.807) is 0 Å². The highest BCUT2D eigenvalue weighted by Crippen LogP contribution is 2.29. The van der Waals surface area contributed by atoms with Gasteiger partial charge in [0.15, 0.2) is 5.75 Å². The summed E-state index contributed by atoms with van der Waals surface area (Å²) in [6, 6.07) is 4.75. The fraction of sp³-hybridized carbons (Fsp3) is 0.533. The number of fused-ring (bicyclic) bond motifs is 1. The number of nitrogens with zero attached hydrogens (tertiary/aromatic N) is 3. The number of methoxy groups -OCH3 is 1. The van der Waals surface area contributed by atoms with Gasteiger partial charge in [0.2, 0.25) is 0 Å². The number of benzene rings is 1. The summed E-state index contributed by atoms with van der Waals surface area (Å²) in [5.41, 5.74) is 0.313. The fourth-order valence-corrected chi connectivity index (χ4v) is 3.32. The van der Waals surface area contributed by atoms with Gasteiger partial charge < -0.3 is 9.64 Å². The highest BCUT2D eigenvalue weighted by Gasteiger charge is 2.33. The van der Waals surface area contributed by atoms with E-state index in [1.807, 2.05) is 4.90 Å². The predicted octanol–water partition coefficient (Wildman–Crippen LogP) is 1.52. The molecule has 0 saturated carbocycles. The summed E-state index contributed by atoms with van der Waals surface area (Å²) < 4.78 is 5.03. The second-order valence-electron chi connectivity index (χ2n) is 5.73. The largest absolute Gasteiger partial charge is 0.490 e. The van der Waals surface area contributed by atoms with E-state index in [2.05, 4.69) is 4.90 Å². The molecule has 0 aliphatic carbocycles. The fourth-order valence-electron chi connectivity index (χ4n) is 3.32. The molecule has 1 aromatic carbocycles. The Hall–Kier alpha value is -2.15. The number of rotatable bonds is 3. The first-order chi connectivity index (χ1) is 10.6. The Labute approximate surface area is 128 Å². The van der Waals surface area contributed by atoms with Crippen LogP contribution in [0.15, 0.2) is 18.2 Å². The minimum Gasteiger partial charge on any atom is -0.490 e. The number of ether oxygens (including phenoxy) is 1. The summed E-state index contributed by atoms with van der Waals surface area (Å²) in [6.45, 7) is 3.46. The third-order valence-electron chi connectivity index (χ3n) is 4.50. The van der Waals surface area contributed by atoms with Crippen LogP contribution in [0.5, 0.6) is 5.75 Å². The maximum absolute atomic E-state index is 12.6. The van der Waals surface area contributed by atoms with Crippen LogP contribution in [0, 0.1) is 10.1 Å². The lowest BCUT2D eigenvalue weighted by molar-refractivity contribution is -0.385. The number of carbonyl (C=O) groups excluding carboxylic acids is 1. The van der Waals surface area contributed by atoms with E-state index in [9.17, 15) is 14.9 Å². The number of hydrogen-bond donors (Lipinski definition) is 0. The topological polar surface area (TPSA) is 75.9 Å². The van der Waals surface area contributed by atoms with Gasteiger partial charge in [-0.2, -0.15) is 0 Å². The van der Waals surface area contributed by atoms with Gasteiger partial charge in [0.1, 0.15) is 0 Å². The lowest BCUT2D eigenvalue weighted by atomic mass is 10.1. The van der Waals surface area contributed by atoms with Crippen molar-refractivity contribution in [2.24, 2.45) is 0 Å². The SMILES string of the molecule is COc1cc(C(=O)N2CCN3CCC[C@@H]3C2)ccc1[N+](=O)[O-]. The minimum absolute atomic E-state index is 0.0836. The molecule has 2 aliphatic rings. The molecule has 2 heterocycles. The monoisotopic (exact) mass is 305 g/mol. The van der Waals surface area contributed by atoms with Crippen molar-refractivity contribution in [3.63, 3.8) is 0 Å². The van der Waals surface area contributed by atoms with Gasteiger partial charge in [-0.15, -0.1) is 0 Å². The third-order valence-corrected chi connectivity index (χ3v) is 4.50. The van der Waals surface area contributed by atoms with Crippen molar-refractivity contribution in [2.45, 2.75) is 18.9 Å². The predicted molar refractivity (Wildman–Crippen MR) is 80.1 cm³/mol. The standard InChI is InChI=1S/C15H19N3O4/c1-22-14-9-11(4-5-13(14)18(20)21)15(19)17-8-7-16-6-2-3-12(16)10-17/h4-5,9,12H,2-3,6-8,10H2,1H3/t12-/m1/s1. The van der Waals surface area contributed by atoms with Crippen molar-refractivity contribution in [1.29, 1.82) is 0 Å². The average Bonchev–Trinajstić information content (AvgIpc) is 3.00. The second kappa shape index (κ2) is 5.92. The summed E-state index contributed by atoms with van der Waals surface area (Å²) in [5.74, 6) is 0.0371. The van der Waals surface area contributed by atoms with E-state index < -0.39 is 4.92 Å². The van der Waals surface area contributed by atoms with Gasteiger partial charge >= 0.3 is 5.69 Å². The summed E-state index contributed by atoms with van der Waals surface area (Å²) >= 11 is 0. The maximum Gasteiger partial charge on any atom is 0.310 e. The van der Waals surface area contributed by atoms with Crippen LogP contribution in [-0.2, 0) is 0 Å². The van der Waals surface area contributed by atoms with Gasteiger partial charge in [-0.05, 0) is 25.5 Å². The van der Waals surface area contributed by atoms with Crippen LogP contribution in [0.25, 0.3) is 0 Å². The second-order valence-corrected chi connectivity index (χ2v) is 5.73. The molecule has 1 aromatic rings. The van der Waals surface area contributed by atoms with E-state index in [1.165, 1.54) is 31.7 Å². The Balaban J connectivity index is 1.78. The molecule has 0 unspecified atom stereocenters. The lowest BCUT2D eigenvalue weighted by Gasteiger charge is -2.37. The molecule has 0 bridgehead atoms. The number of hydrogen-bond acceptors (Lipinski definition) is 5. The quantitative estimate of drug-likeness (QED) is 0.625. The summed E-state index contributed by atoms with van der Waals surface area (Å²) in [4.78, 5) is 27.3.